The lowest BCUT2D eigenvalue weighted by Crippen LogP contribution is -2.21. The zero-order valence-corrected chi connectivity index (χ0v) is 20.7. The molecule has 3 aromatic carbocycles. The molecule has 0 aliphatic heterocycles. The number of hydrogen-bond acceptors (Lipinski definition) is 4. The number of carbonyl (C=O) groups excluding carboxylic acids is 1. The van der Waals surface area contributed by atoms with Crippen LogP contribution in [0.3, 0.4) is 0 Å². The van der Waals surface area contributed by atoms with E-state index in [1.165, 1.54) is 37.3 Å². The SMILES string of the molecule is CCOc1ccc(-c2ccc(C(=O)OC3CC=C(c4ccc(C(C)O)c(F)c4F)CC3)c(F)c2)c(F)c1F. The number of benzene rings is 3. The Morgan fingerprint density at radius 1 is 0.974 bits per heavy atom. The van der Waals surface area contributed by atoms with E-state index < -0.39 is 47.3 Å². The third-order valence-electron chi connectivity index (χ3n) is 6.39. The predicted molar refractivity (Wildman–Crippen MR) is 131 cm³/mol. The molecule has 0 heterocycles. The summed E-state index contributed by atoms with van der Waals surface area (Å²) in [6.07, 6.45) is 0.645. The Kier molecular flexibility index (Phi) is 8.16. The normalized spacial score (nSPS) is 16.1. The average Bonchev–Trinajstić information content (AvgIpc) is 2.89. The largest absolute Gasteiger partial charge is 0.491 e. The first-order chi connectivity index (χ1) is 18.1. The minimum Gasteiger partial charge on any atom is -0.491 e. The van der Waals surface area contributed by atoms with Crippen molar-refractivity contribution in [3.63, 3.8) is 0 Å². The average molecular weight is 533 g/mol. The van der Waals surface area contributed by atoms with Gasteiger partial charge in [0, 0.05) is 23.1 Å². The summed E-state index contributed by atoms with van der Waals surface area (Å²) >= 11 is 0. The monoisotopic (exact) mass is 532 g/mol. The Morgan fingerprint density at radius 2 is 1.68 bits per heavy atom. The van der Waals surface area contributed by atoms with Crippen LogP contribution in [0.5, 0.6) is 5.75 Å². The van der Waals surface area contributed by atoms with Crippen LogP contribution >= 0.6 is 0 Å². The van der Waals surface area contributed by atoms with Gasteiger partial charge >= 0.3 is 5.97 Å². The molecule has 2 unspecified atom stereocenters. The molecule has 0 radical (unpaired) electrons. The molecule has 9 heteroatoms. The molecule has 1 N–H and O–H groups in total. The maximum atomic E-state index is 14.8. The lowest BCUT2D eigenvalue weighted by Gasteiger charge is -2.23. The van der Waals surface area contributed by atoms with Gasteiger partial charge in [0.1, 0.15) is 11.9 Å². The molecule has 0 fully saturated rings. The molecular weight excluding hydrogens is 507 g/mol. The first kappa shape index (κ1) is 27.3. The highest BCUT2D eigenvalue weighted by Crippen LogP contribution is 2.34. The number of ether oxygens (including phenoxy) is 2. The van der Waals surface area contributed by atoms with E-state index in [1.807, 2.05) is 0 Å². The van der Waals surface area contributed by atoms with Crippen molar-refractivity contribution in [3.8, 4) is 16.9 Å². The zero-order chi connectivity index (χ0) is 27.6. The molecule has 2 atom stereocenters. The Morgan fingerprint density at radius 3 is 2.32 bits per heavy atom. The molecule has 38 heavy (non-hydrogen) atoms. The van der Waals surface area contributed by atoms with E-state index in [2.05, 4.69) is 0 Å². The van der Waals surface area contributed by atoms with E-state index in [0.717, 1.165) is 12.1 Å². The van der Waals surface area contributed by atoms with Gasteiger partial charge in [0.25, 0.3) is 0 Å². The first-order valence-electron chi connectivity index (χ1n) is 12.1. The number of esters is 1. The fraction of sp³-hybridized carbons (Fsp3) is 0.276. The zero-order valence-electron chi connectivity index (χ0n) is 20.7. The number of allylic oxidation sites excluding steroid dienone is 1. The molecule has 0 bridgehead atoms. The molecule has 0 saturated carbocycles. The van der Waals surface area contributed by atoms with E-state index in [0.29, 0.717) is 12.0 Å². The smallest absolute Gasteiger partial charge is 0.341 e. The molecule has 0 aromatic heterocycles. The Balaban J connectivity index is 1.46. The Labute approximate surface area is 216 Å². The molecule has 4 nitrogen and oxygen atoms in total. The molecule has 0 spiro atoms. The van der Waals surface area contributed by atoms with Crippen molar-refractivity contribution in [3.05, 3.63) is 94.3 Å². The summed E-state index contributed by atoms with van der Waals surface area (Å²) in [5.41, 5.74) is -0.0863. The fourth-order valence-electron chi connectivity index (χ4n) is 4.38. The second-order valence-electron chi connectivity index (χ2n) is 8.90. The molecule has 0 amide bonds. The van der Waals surface area contributed by atoms with Gasteiger partial charge < -0.3 is 14.6 Å². The van der Waals surface area contributed by atoms with E-state index in [4.69, 9.17) is 9.47 Å². The lowest BCUT2D eigenvalue weighted by atomic mass is 9.90. The number of carbonyl (C=O) groups is 1. The minimum atomic E-state index is -1.20. The Hall–Kier alpha value is -3.72. The maximum absolute atomic E-state index is 14.8. The quantitative estimate of drug-likeness (QED) is 0.256. The van der Waals surface area contributed by atoms with Gasteiger partial charge in [0.05, 0.1) is 18.3 Å². The van der Waals surface area contributed by atoms with Crippen LogP contribution < -0.4 is 4.74 Å². The third kappa shape index (κ3) is 5.43. The van der Waals surface area contributed by atoms with Gasteiger partial charge in [-0.25, -0.2) is 22.4 Å². The molecule has 4 rings (SSSR count). The van der Waals surface area contributed by atoms with Crippen LogP contribution in [0.4, 0.5) is 22.0 Å². The maximum Gasteiger partial charge on any atom is 0.341 e. The molecule has 200 valence electrons. The van der Waals surface area contributed by atoms with Crippen LogP contribution in [-0.4, -0.2) is 23.8 Å². The van der Waals surface area contributed by atoms with Gasteiger partial charge in [0.15, 0.2) is 23.2 Å². The topological polar surface area (TPSA) is 55.8 Å². The van der Waals surface area contributed by atoms with Gasteiger partial charge in [-0.15, -0.1) is 0 Å². The van der Waals surface area contributed by atoms with Crippen LogP contribution in [0.2, 0.25) is 0 Å². The van der Waals surface area contributed by atoms with Gasteiger partial charge in [0.2, 0.25) is 5.82 Å². The molecule has 1 aliphatic rings. The number of halogens is 5. The summed E-state index contributed by atoms with van der Waals surface area (Å²) in [4.78, 5) is 12.6. The molecular formula is C29H25F5O4. The number of aliphatic hydroxyl groups is 1. The van der Waals surface area contributed by atoms with Gasteiger partial charge in [-0.2, -0.15) is 4.39 Å². The second-order valence-corrected chi connectivity index (χ2v) is 8.90. The van der Waals surface area contributed by atoms with Crippen LogP contribution in [0.15, 0.2) is 48.5 Å². The molecule has 1 aliphatic carbocycles. The van der Waals surface area contributed by atoms with Gasteiger partial charge in [-0.05, 0) is 62.1 Å². The number of hydrogen-bond donors (Lipinski definition) is 1. The second kappa shape index (κ2) is 11.3. The Bertz CT molecular complexity index is 1400. The van der Waals surface area contributed by atoms with Crippen molar-refractivity contribution < 1.29 is 41.3 Å². The van der Waals surface area contributed by atoms with E-state index >= 15 is 0 Å². The predicted octanol–water partition coefficient (Wildman–Crippen LogP) is 7.29. The first-order valence-corrected chi connectivity index (χ1v) is 12.1. The lowest BCUT2D eigenvalue weighted by molar-refractivity contribution is 0.0280. The van der Waals surface area contributed by atoms with Gasteiger partial charge in [-0.3, -0.25) is 0 Å². The van der Waals surface area contributed by atoms with Crippen molar-refractivity contribution in [2.24, 2.45) is 0 Å². The van der Waals surface area contributed by atoms with E-state index in [-0.39, 0.29) is 53.0 Å². The summed E-state index contributed by atoms with van der Waals surface area (Å²) in [5.74, 6) is -6.73. The highest BCUT2D eigenvalue weighted by atomic mass is 19.2. The van der Waals surface area contributed by atoms with Crippen LogP contribution in [0.25, 0.3) is 16.7 Å². The summed E-state index contributed by atoms with van der Waals surface area (Å²) in [7, 11) is 0. The summed E-state index contributed by atoms with van der Waals surface area (Å²) in [6, 6.07) is 8.55. The highest BCUT2D eigenvalue weighted by molar-refractivity contribution is 5.90. The van der Waals surface area contributed by atoms with Crippen molar-refractivity contribution in [1.29, 1.82) is 0 Å². The third-order valence-corrected chi connectivity index (χ3v) is 6.39. The van der Waals surface area contributed by atoms with E-state index in [1.54, 1.807) is 13.0 Å². The number of rotatable bonds is 7. The minimum absolute atomic E-state index is 0.0274. The highest BCUT2D eigenvalue weighted by Gasteiger charge is 2.25. The molecule has 3 aromatic rings. The molecule has 0 saturated heterocycles. The van der Waals surface area contributed by atoms with E-state index in [9.17, 15) is 31.9 Å². The van der Waals surface area contributed by atoms with Crippen LogP contribution in [0.1, 0.15) is 60.7 Å². The van der Waals surface area contributed by atoms with Crippen molar-refractivity contribution in [2.45, 2.75) is 45.3 Å². The fourth-order valence-corrected chi connectivity index (χ4v) is 4.38. The van der Waals surface area contributed by atoms with Crippen molar-refractivity contribution >= 4 is 11.5 Å². The van der Waals surface area contributed by atoms with Crippen molar-refractivity contribution in [2.75, 3.05) is 6.61 Å². The standard InChI is InChI=1S/C29H25F5O4/c1-3-37-24-13-12-21(27(33)28(24)34)17-6-9-22(23(30)14-17)29(36)38-18-7-4-16(5-8-18)20-11-10-19(15(2)35)25(31)26(20)32/h4,6,9-15,18,35H,3,5,7-8H2,1-2H3. The summed E-state index contributed by atoms with van der Waals surface area (Å²) in [6.45, 7) is 3.11. The van der Waals surface area contributed by atoms with Crippen LogP contribution in [0, 0.1) is 29.1 Å². The van der Waals surface area contributed by atoms with Gasteiger partial charge in [-0.1, -0.05) is 24.3 Å². The van der Waals surface area contributed by atoms with Crippen molar-refractivity contribution in [1.82, 2.24) is 0 Å². The number of aliphatic hydroxyl groups excluding tert-OH is 1. The van der Waals surface area contributed by atoms with Crippen LogP contribution in [-0.2, 0) is 4.74 Å². The summed E-state index contributed by atoms with van der Waals surface area (Å²) < 4.78 is 82.7. The summed E-state index contributed by atoms with van der Waals surface area (Å²) in [5, 5.41) is 9.55.